The number of hydrogen-bond acceptors (Lipinski definition) is 0. The molecule has 0 aromatic heterocycles. The fourth-order valence-electron chi connectivity index (χ4n) is 2.19. The molecule has 0 heterocycles. The van der Waals surface area contributed by atoms with Gasteiger partial charge in [-0.1, -0.05) is 44.9 Å². The van der Waals surface area contributed by atoms with Crippen molar-refractivity contribution >= 4 is 0 Å². The molecule has 0 spiro atoms. The van der Waals surface area contributed by atoms with Crippen molar-refractivity contribution in [2.24, 2.45) is 5.92 Å². The Balaban J connectivity index is 3.04. The van der Waals surface area contributed by atoms with Gasteiger partial charge < -0.3 is 0 Å². The molecule has 0 aliphatic carbocycles. The van der Waals surface area contributed by atoms with Crippen molar-refractivity contribution in [1.29, 1.82) is 0 Å². The molecule has 0 N–H and O–H groups in total. The van der Waals surface area contributed by atoms with Crippen molar-refractivity contribution in [2.75, 3.05) is 0 Å². The van der Waals surface area contributed by atoms with E-state index in [1.54, 1.807) is 11.1 Å². The van der Waals surface area contributed by atoms with Crippen LogP contribution in [0, 0.1) is 19.8 Å². The van der Waals surface area contributed by atoms with Crippen molar-refractivity contribution in [2.45, 2.75) is 53.9 Å². The lowest BCUT2D eigenvalue weighted by molar-refractivity contribution is 0.556. The first-order valence-electron chi connectivity index (χ1n) is 6.17. The second-order valence-electron chi connectivity index (χ2n) is 4.79. The highest BCUT2D eigenvalue weighted by atomic mass is 14.1. The molecule has 1 aromatic carbocycles. The van der Waals surface area contributed by atoms with Crippen LogP contribution in [0.5, 0.6) is 0 Å². The smallest absolute Gasteiger partial charge is 0.0248 e. The van der Waals surface area contributed by atoms with E-state index >= 15 is 0 Å². The van der Waals surface area contributed by atoms with Crippen molar-refractivity contribution < 1.29 is 0 Å². The molecule has 0 heteroatoms. The van der Waals surface area contributed by atoms with Gasteiger partial charge in [-0.2, -0.15) is 0 Å². The first-order valence-corrected chi connectivity index (χ1v) is 6.17. The lowest BCUT2D eigenvalue weighted by atomic mass is 9.89. The molecule has 1 unspecified atom stereocenters. The van der Waals surface area contributed by atoms with E-state index in [1.165, 1.54) is 24.0 Å². The normalized spacial score (nSPS) is 12.9. The van der Waals surface area contributed by atoms with Gasteiger partial charge in [-0.25, -0.2) is 0 Å². The van der Waals surface area contributed by atoms with Gasteiger partial charge in [-0.05, 0) is 49.3 Å². The Morgan fingerprint density at radius 2 is 1.80 bits per heavy atom. The Hall–Kier alpha value is -0.780. The lowest BCUT2D eigenvalue weighted by Gasteiger charge is -2.16. The van der Waals surface area contributed by atoms with Crippen LogP contribution in [0.15, 0.2) is 12.1 Å². The van der Waals surface area contributed by atoms with Gasteiger partial charge in [0.2, 0.25) is 0 Å². The second kappa shape index (κ2) is 5.34. The first kappa shape index (κ1) is 12.3. The summed E-state index contributed by atoms with van der Waals surface area (Å²) < 4.78 is 0. The molecule has 0 aliphatic heterocycles. The molecule has 84 valence electrons. The van der Waals surface area contributed by atoms with Gasteiger partial charge in [0.05, 0.1) is 0 Å². The van der Waals surface area contributed by atoms with Gasteiger partial charge in [-0.15, -0.1) is 0 Å². The molecule has 0 nitrogen and oxygen atoms in total. The van der Waals surface area contributed by atoms with E-state index in [9.17, 15) is 0 Å². The monoisotopic (exact) mass is 204 g/mol. The van der Waals surface area contributed by atoms with Crippen LogP contribution in [0.25, 0.3) is 0 Å². The number of hydrogen-bond donors (Lipinski definition) is 0. The number of benzene rings is 1. The van der Waals surface area contributed by atoms with E-state index in [0.717, 1.165) is 12.3 Å². The predicted molar refractivity (Wildman–Crippen MR) is 68.5 cm³/mol. The maximum absolute atomic E-state index is 2.35. The zero-order valence-corrected chi connectivity index (χ0v) is 10.9. The van der Waals surface area contributed by atoms with Gasteiger partial charge in [-0.3, -0.25) is 0 Å². The molecule has 0 aliphatic rings. The fraction of sp³-hybridized carbons (Fsp3) is 0.600. The molecule has 1 rings (SSSR count). The summed E-state index contributed by atoms with van der Waals surface area (Å²) in [5.41, 5.74) is 6.02. The van der Waals surface area contributed by atoms with Crippen molar-refractivity contribution in [3.05, 3.63) is 34.4 Å². The highest BCUT2D eigenvalue weighted by Gasteiger charge is 2.08. The molecule has 0 radical (unpaired) electrons. The average molecular weight is 204 g/mol. The molecular formula is C15H24. The lowest BCUT2D eigenvalue weighted by Crippen LogP contribution is -2.04. The zero-order chi connectivity index (χ0) is 11.4. The molecule has 0 saturated heterocycles. The molecule has 0 saturated carbocycles. The van der Waals surface area contributed by atoms with Crippen LogP contribution in [0.4, 0.5) is 0 Å². The maximum atomic E-state index is 2.35. The minimum atomic E-state index is 0.803. The second-order valence-corrected chi connectivity index (χ2v) is 4.79. The predicted octanol–water partition coefficient (Wildman–Crippen LogP) is 4.45. The van der Waals surface area contributed by atoms with Crippen LogP contribution < -0.4 is 0 Å². The van der Waals surface area contributed by atoms with Gasteiger partial charge in [0.25, 0.3) is 0 Å². The van der Waals surface area contributed by atoms with E-state index in [2.05, 4.69) is 46.8 Å². The van der Waals surface area contributed by atoms with E-state index in [4.69, 9.17) is 0 Å². The topological polar surface area (TPSA) is 0 Å². The van der Waals surface area contributed by atoms with E-state index in [0.29, 0.717) is 0 Å². The minimum Gasteiger partial charge on any atom is -0.0651 e. The fourth-order valence-corrected chi connectivity index (χ4v) is 2.19. The third-order valence-corrected chi connectivity index (χ3v) is 3.34. The zero-order valence-electron chi connectivity index (χ0n) is 10.9. The Labute approximate surface area is 94.7 Å². The summed E-state index contributed by atoms with van der Waals surface area (Å²) in [6.07, 6.45) is 3.68. The van der Waals surface area contributed by atoms with Gasteiger partial charge >= 0.3 is 0 Å². The molecule has 1 aromatic rings. The molecule has 0 bridgehead atoms. The minimum absolute atomic E-state index is 0.803. The van der Waals surface area contributed by atoms with E-state index in [-0.39, 0.29) is 0 Å². The highest BCUT2D eigenvalue weighted by molar-refractivity contribution is 5.38. The molecular weight excluding hydrogens is 180 g/mol. The Bertz CT molecular complexity index is 323. The van der Waals surface area contributed by atoms with Crippen LogP contribution in [0.1, 0.15) is 49.4 Å². The Morgan fingerprint density at radius 3 is 2.33 bits per heavy atom. The van der Waals surface area contributed by atoms with Gasteiger partial charge in [0.15, 0.2) is 0 Å². The largest absolute Gasteiger partial charge is 0.0651 e. The van der Waals surface area contributed by atoms with Gasteiger partial charge in [0, 0.05) is 0 Å². The van der Waals surface area contributed by atoms with E-state index < -0.39 is 0 Å². The summed E-state index contributed by atoms with van der Waals surface area (Å²) in [4.78, 5) is 0. The van der Waals surface area contributed by atoms with Crippen molar-refractivity contribution in [3.63, 3.8) is 0 Å². The molecule has 0 fully saturated rings. The molecule has 15 heavy (non-hydrogen) atoms. The van der Waals surface area contributed by atoms with Crippen LogP contribution >= 0.6 is 0 Å². The SMILES string of the molecule is CCc1cc(C)cc(C)c1CC(C)CC. The number of rotatable bonds is 4. The number of aryl methyl sites for hydroxylation is 3. The molecule has 0 amide bonds. The van der Waals surface area contributed by atoms with Crippen LogP contribution in [0.3, 0.4) is 0 Å². The summed E-state index contributed by atoms with van der Waals surface area (Å²) in [5, 5.41) is 0. The first-order chi connectivity index (χ1) is 7.08. The quantitative estimate of drug-likeness (QED) is 0.679. The van der Waals surface area contributed by atoms with Crippen LogP contribution in [0.2, 0.25) is 0 Å². The summed E-state index contributed by atoms with van der Waals surface area (Å²) in [5.74, 6) is 0.803. The Morgan fingerprint density at radius 1 is 1.13 bits per heavy atom. The standard InChI is InChI=1S/C15H24/c1-6-11(3)10-15-13(5)8-12(4)9-14(15)7-2/h8-9,11H,6-7,10H2,1-5H3. The van der Waals surface area contributed by atoms with Crippen LogP contribution in [-0.2, 0) is 12.8 Å². The average Bonchev–Trinajstić information content (AvgIpc) is 2.21. The Kier molecular flexibility index (Phi) is 4.38. The maximum Gasteiger partial charge on any atom is -0.0248 e. The summed E-state index contributed by atoms with van der Waals surface area (Å²) in [6, 6.07) is 4.67. The van der Waals surface area contributed by atoms with Gasteiger partial charge in [0.1, 0.15) is 0 Å². The molecule has 1 atom stereocenters. The third kappa shape index (κ3) is 3.09. The highest BCUT2D eigenvalue weighted by Crippen LogP contribution is 2.22. The van der Waals surface area contributed by atoms with Crippen LogP contribution in [-0.4, -0.2) is 0 Å². The summed E-state index contributed by atoms with van der Waals surface area (Å²) in [7, 11) is 0. The van der Waals surface area contributed by atoms with Crippen molar-refractivity contribution in [1.82, 2.24) is 0 Å². The summed E-state index contributed by atoms with van der Waals surface area (Å²) >= 11 is 0. The third-order valence-electron chi connectivity index (χ3n) is 3.34. The summed E-state index contributed by atoms with van der Waals surface area (Å²) in [6.45, 7) is 11.3. The van der Waals surface area contributed by atoms with Crippen molar-refractivity contribution in [3.8, 4) is 0 Å². The van der Waals surface area contributed by atoms with E-state index in [1.807, 2.05) is 0 Å².